The van der Waals surface area contributed by atoms with E-state index < -0.39 is 0 Å². The van der Waals surface area contributed by atoms with Crippen LogP contribution in [0.3, 0.4) is 0 Å². The second-order valence-electron chi connectivity index (χ2n) is 3.55. The summed E-state index contributed by atoms with van der Waals surface area (Å²) >= 11 is 10.2. The van der Waals surface area contributed by atoms with Gasteiger partial charge in [-0.05, 0) is 31.4 Å². The van der Waals surface area contributed by atoms with Crippen LogP contribution in [0.1, 0.15) is 19.3 Å². The molecule has 0 aromatic carbocycles. The molecular formula is C10H14Cl2N2S. The largest absolute Gasteiger partial charge is 0.357 e. The van der Waals surface area contributed by atoms with Gasteiger partial charge in [-0.1, -0.05) is 11.6 Å². The first-order valence-corrected chi connectivity index (χ1v) is 5.70. The van der Waals surface area contributed by atoms with E-state index in [9.17, 15) is 0 Å². The Morgan fingerprint density at radius 3 is 2.47 bits per heavy atom. The van der Waals surface area contributed by atoms with Gasteiger partial charge in [0.05, 0.1) is 0 Å². The normalized spacial score (nSPS) is 16.0. The fourth-order valence-electron chi connectivity index (χ4n) is 1.75. The molecular weight excluding hydrogens is 251 g/mol. The summed E-state index contributed by atoms with van der Waals surface area (Å²) in [6, 6.07) is 3.73. The SMILES string of the molecule is Cl.Sc1cc(Cl)nc(N2CCCCC2)c1. The van der Waals surface area contributed by atoms with Crippen molar-refractivity contribution < 1.29 is 0 Å². The average molecular weight is 265 g/mol. The number of anilines is 1. The van der Waals surface area contributed by atoms with E-state index in [1.165, 1.54) is 19.3 Å². The summed E-state index contributed by atoms with van der Waals surface area (Å²) in [5.41, 5.74) is 0. The van der Waals surface area contributed by atoms with E-state index in [1.807, 2.05) is 6.07 Å². The molecule has 2 heterocycles. The average Bonchev–Trinajstić information content (AvgIpc) is 2.18. The summed E-state index contributed by atoms with van der Waals surface area (Å²) in [5.74, 6) is 0.960. The van der Waals surface area contributed by atoms with Gasteiger partial charge in [-0.15, -0.1) is 25.0 Å². The van der Waals surface area contributed by atoms with Crippen molar-refractivity contribution >= 4 is 42.5 Å². The molecule has 0 saturated carbocycles. The highest BCUT2D eigenvalue weighted by Gasteiger charge is 2.12. The Labute approximate surface area is 107 Å². The number of aromatic nitrogens is 1. The zero-order valence-electron chi connectivity index (χ0n) is 8.32. The molecule has 1 saturated heterocycles. The van der Waals surface area contributed by atoms with Crippen LogP contribution in [0.4, 0.5) is 5.82 Å². The highest BCUT2D eigenvalue weighted by atomic mass is 35.5. The summed E-state index contributed by atoms with van der Waals surface area (Å²) in [7, 11) is 0. The Bertz CT molecular complexity index is 307. The topological polar surface area (TPSA) is 16.1 Å². The molecule has 0 aliphatic carbocycles. The molecule has 1 aromatic rings. The molecule has 5 heteroatoms. The van der Waals surface area contributed by atoms with Crippen LogP contribution in [-0.2, 0) is 0 Å². The molecule has 1 aromatic heterocycles. The van der Waals surface area contributed by atoms with Crippen molar-refractivity contribution in [2.24, 2.45) is 0 Å². The van der Waals surface area contributed by atoms with Crippen LogP contribution < -0.4 is 4.90 Å². The third-order valence-corrected chi connectivity index (χ3v) is 2.90. The minimum atomic E-state index is 0. The van der Waals surface area contributed by atoms with Gasteiger partial charge in [0.15, 0.2) is 0 Å². The maximum absolute atomic E-state index is 5.88. The maximum Gasteiger partial charge on any atom is 0.132 e. The van der Waals surface area contributed by atoms with Gasteiger partial charge in [0.25, 0.3) is 0 Å². The summed E-state index contributed by atoms with van der Waals surface area (Å²) < 4.78 is 0. The summed E-state index contributed by atoms with van der Waals surface area (Å²) in [5, 5.41) is 0.526. The Balaban J connectivity index is 0.00000112. The molecule has 0 spiro atoms. The minimum absolute atomic E-state index is 0. The third-order valence-electron chi connectivity index (χ3n) is 2.45. The van der Waals surface area contributed by atoms with Gasteiger partial charge in [-0.25, -0.2) is 4.98 Å². The van der Waals surface area contributed by atoms with Crippen LogP contribution in [0.2, 0.25) is 5.15 Å². The lowest BCUT2D eigenvalue weighted by Crippen LogP contribution is -2.30. The fraction of sp³-hybridized carbons (Fsp3) is 0.500. The summed E-state index contributed by atoms with van der Waals surface area (Å²) in [6.45, 7) is 2.17. The molecule has 2 nitrogen and oxygen atoms in total. The van der Waals surface area contributed by atoms with Gasteiger partial charge < -0.3 is 4.90 Å². The van der Waals surface area contributed by atoms with Gasteiger partial charge in [0.2, 0.25) is 0 Å². The molecule has 1 aliphatic heterocycles. The fourth-order valence-corrected chi connectivity index (χ4v) is 2.27. The lowest BCUT2D eigenvalue weighted by Gasteiger charge is -2.27. The molecule has 0 bridgehead atoms. The van der Waals surface area contributed by atoms with E-state index in [2.05, 4.69) is 22.5 Å². The van der Waals surface area contributed by atoms with Crippen LogP contribution in [0, 0.1) is 0 Å². The first kappa shape index (κ1) is 12.9. The number of hydrogen-bond donors (Lipinski definition) is 1. The van der Waals surface area contributed by atoms with Crippen LogP contribution in [0.25, 0.3) is 0 Å². The van der Waals surface area contributed by atoms with Crippen molar-refractivity contribution in [3.05, 3.63) is 17.3 Å². The van der Waals surface area contributed by atoms with Crippen molar-refractivity contribution in [3.63, 3.8) is 0 Å². The molecule has 1 aliphatic rings. The van der Waals surface area contributed by atoms with Crippen molar-refractivity contribution in [2.45, 2.75) is 24.2 Å². The monoisotopic (exact) mass is 264 g/mol. The van der Waals surface area contributed by atoms with E-state index in [4.69, 9.17) is 11.6 Å². The summed E-state index contributed by atoms with van der Waals surface area (Å²) in [6.07, 6.45) is 3.82. The Hall–Kier alpha value is -0.120. The standard InChI is InChI=1S/C10H13ClN2S.ClH/c11-9-6-8(14)7-10(12-9)13-4-2-1-3-5-13;/h6-7H,1-5H2,(H,12,14);1H. The lowest BCUT2D eigenvalue weighted by molar-refractivity contribution is 0.573. The predicted octanol–water partition coefficient (Wildman–Crippen LogP) is 3.44. The number of halogens is 2. The van der Waals surface area contributed by atoms with Gasteiger partial charge in [0, 0.05) is 18.0 Å². The Morgan fingerprint density at radius 2 is 1.87 bits per heavy atom. The second kappa shape index (κ2) is 5.83. The van der Waals surface area contributed by atoms with Crippen LogP contribution in [-0.4, -0.2) is 18.1 Å². The van der Waals surface area contributed by atoms with Gasteiger partial charge >= 0.3 is 0 Å². The maximum atomic E-state index is 5.88. The molecule has 1 fully saturated rings. The quantitative estimate of drug-likeness (QED) is 0.618. The summed E-state index contributed by atoms with van der Waals surface area (Å²) in [4.78, 5) is 7.45. The number of rotatable bonds is 1. The second-order valence-corrected chi connectivity index (χ2v) is 4.46. The predicted molar refractivity (Wildman–Crippen MR) is 69.8 cm³/mol. The zero-order valence-corrected chi connectivity index (χ0v) is 10.8. The highest BCUT2D eigenvalue weighted by molar-refractivity contribution is 7.80. The number of nitrogens with zero attached hydrogens (tertiary/aromatic N) is 2. The van der Waals surface area contributed by atoms with E-state index >= 15 is 0 Å². The first-order valence-electron chi connectivity index (χ1n) is 4.87. The molecule has 0 N–H and O–H groups in total. The number of thiol groups is 1. The zero-order chi connectivity index (χ0) is 9.97. The van der Waals surface area contributed by atoms with Gasteiger partial charge in [-0.2, -0.15) is 0 Å². The van der Waals surface area contributed by atoms with Gasteiger partial charge in [-0.3, -0.25) is 0 Å². The number of pyridine rings is 1. The van der Waals surface area contributed by atoms with E-state index in [0.29, 0.717) is 5.15 Å². The van der Waals surface area contributed by atoms with E-state index in [-0.39, 0.29) is 12.4 Å². The molecule has 0 amide bonds. The molecule has 0 unspecified atom stereocenters. The van der Waals surface area contributed by atoms with Crippen LogP contribution >= 0.6 is 36.6 Å². The number of hydrogen-bond acceptors (Lipinski definition) is 3. The van der Waals surface area contributed by atoms with E-state index in [0.717, 1.165) is 23.8 Å². The third kappa shape index (κ3) is 3.44. The highest BCUT2D eigenvalue weighted by Crippen LogP contribution is 2.23. The first-order chi connectivity index (χ1) is 6.75. The molecule has 0 radical (unpaired) electrons. The molecule has 2 rings (SSSR count). The van der Waals surface area contributed by atoms with Crippen molar-refractivity contribution in [3.8, 4) is 0 Å². The van der Waals surface area contributed by atoms with Crippen molar-refractivity contribution in [1.29, 1.82) is 0 Å². The minimum Gasteiger partial charge on any atom is -0.357 e. The lowest BCUT2D eigenvalue weighted by atomic mass is 10.1. The molecule has 0 atom stereocenters. The van der Waals surface area contributed by atoms with Gasteiger partial charge in [0.1, 0.15) is 11.0 Å². The Morgan fingerprint density at radius 1 is 1.20 bits per heavy atom. The smallest absolute Gasteiger partial charge is 0.132 e. The molecule has 15 heavy (non-hydrogen) atoms. The molecule has 84 valence electrons. The Kier molecular flexibility index (Phi) is 5.03. The van der Waals surface area contributed by atoms with E-state index in [1.54, 1.807) is 6.07 Å². The van der Waals surface area contributed by atoms with Crippen LogP contribution in [0.15, 0.2) is 17.0 Å². The number of piperidine rings is 1. The van der Waals surface area contributed by atoms with Crippen molar-refractivity contribution in [1.82, 2.24) is 4.98 Å². The van der Waals surface area contributed by atoms with Crippen molar-refractivity contribution in [2.75, 3.05) is 18.0 Å². The van der Waals surface area contributed by atoms with Crippen LogP contribution in [0.5, 0.6) is 0 Å².